The second-order valence-corrected chi connectivity index (χ2v) is 4.47. The predicted molar refractivity (Wildman–Crippen MR) is 58.4 cm³/mol. The number of carbonyl (C=O) groups is 2. The molecule has 0 bridgehead atoms. The van der Waals surface area contributed by atoms with E-state index in [1.54, 1.807) is 16.7 Å². The Balaban J connectivity index is 2.59. The monoisotopic (exact) mass is 222 g/mol. The second kappa shape index (κ2) is 3.86. The summed E-state index contributed by atoms with van der Waals surface area (Å²) in [6.07, 6.45) is 1.46. The first kappa shape index (κ1) is 9.30. The molecule has 0 fully saturated rings. The molecule has 0 amide bonds. The van der Waals surface area contributed by atoms with Crippen molar-refractivity contribution in [3.63, 3.8) is 0 Å². The van der Waals surface area contributed by atoms with Crippen molar-refractivity contribution in [3.05, 3.63) is 34.0 Å². The molecule has 0 aliphatic carbocycles. The van der Waals surface area contributed by atoms with E-state index in [1.165, 1.54) is 11.3 Å². The molecule has 0 saturated carbocycles. The van der Waals surface area contributed by atoms with Crippen LogP contribution in [0.5, 0.6) is 0 Å². The zero-order valence-electron chi connectivity index (χ0n) is 7.10. The number of thiophene rings is 2. The summed E-state index contributed by atoms with van der Waals surface area (Å²) >= 11 is 3.00. The minimum atomic E-state index is 0.480. The lowest BCUT2D eigenvalue weighted by Gasteiger charge is -1.92. The summed E-state index contributed by atoms with van der Waals surface area (Å²) in [6.45, 7) is 0. The van der Waals surface area contributed by atoms with Gasteiger partial charge in [0.2, 0.25) is 0 Å². The van der Waals surface area contributed by atoms with Crippen molar-refractivity contribution >= 4 is 35.2 Å². The van der Waals surface area contributed by atoms with Crippen LogP contribution in [0.25, 0.3) is 9.75 Å². The van der Waals surface area contributed by atoms with Crippen LogP contribution in [-0.4, -0.2) is 12.6 Å². The number of rotatable bonds is 3. The fraction of sp³-hybridized carbons (Fsp3) is 0. The quantitative estimate of drug-likeness (QED) is 0.748. The second-order valence-electron chi connectivity index (χ2n) is 2.65. The van der Waals surface area contributed by atoms with Gasteiger partial charge in [0.15, 0.2) is 12.6 Å². The average molecular weight is 222 g/mol. The van der Waals surface area contributed by atoms with Gasteiger partial charge < -0.3 is 0 Å². The van der Waals surface area contributed by atoms with Crippen molar-refractivity contribution in [3.8, 4) is 9.75 Å². The van der Waals surface area contributed by atoms with Crippen molar-refractivity contribution in [2.45, 2.75) is 0 Å². The normalized spacial score (nSPS) is 10.0. The van der Waals surface area contributed by atoms with Crippen LogP contribution in [0, 0.1) is 0 Å². The van der Waals surface area contributed by atoms with Crippen LogP contribution in [0.1, 0.15) is 20.7 Å². The third kappa shape index (κ3) is 1.42. The highest BCUT2D eigenvalue weighted by Crippen LogP contribution is 2.33. The molecule has 0 aliphatic rings. The number of carbonyl (C=O) groups excluding carboxylic acids is 2. The molecule has 4 heteroatoms. The first-order chi connectivity index (χ1) is 6.86. The number of aldehydes is 2. The van der Waals surface area contributed by atoms with Gasteiger partial charge >= 0.3 is 0 Å². The lowest BCUT2D eigenvalue weighted by atomic mass is 10.1. The maximum absolute atomic E-state index is 10.8. The van der Waals surface area contributed by atoms with Crippen LogP contribution in [0.3, 0.4) is 0 Å². The molecule has 2 aromatic heterocycles. The van der Waals surface area contributed by atoms with Crippen molar-refractivity contribution in [2.75, 3.05) is 0 Å². The fourth-order valence-corrected chi connectivity index (χ4v) is 3.06. The first-order valence-electron chi connectivity index (χ1n) is 3.92. The van der Waals surface area contributed by atoms with Gasteiger partial charge in [-0.15, -0.1) is 22.7 Å². The average Bonchev–Trinajstić information content (AvgIpc) is 2.85. The molecule has 0 N–H and O–H groups in total. The number of hydrogen-bond acceptors (Lipinski definition) is 4. The summed E-state index contributed by atoms with van der Waals surface area (Å²) in [5, 5.41) is 3.66. The molecular weight excluding hydrogens is 216 g/mol. The molecule has 0 saturated heterocycles. The van der Waals surface area contributed by atoms with Crippen molar-refractivity contribution < 1.29 is 9.59 Å². The highest BCUT2D eigenvalue weighted by atomic mass is 32.1. The molecule has 2 heterocycles. The van der Waals surface area contributed by atoms with Crippen molar-refractivity contribution in [2.24, 2.45) is 0 Å². The van der Waals surface area contributed by atoms with Crippen LogP contribution in [0.4, 0.5) is 0 Å². The van der Waals surface area contributed by atoms with E-state index in [0.717, 1.165) is 22.3 Å². The van der Waals surface area contributed by atoms with E-state index < -0.39 is 0 Å². The maximum Gasteiger partial charge on any atom is 0.152 e. The predicted octanol–water partition coefficient (Wildman–Crippen LogP) is 3.10. The van der Waals surface area contributed by atoms with Gasteiger partial charge in [-0.1, -0.05) is 6.07 Å². The fourth-order valence-electron chi connectivity index (χ4n) is 1.19. The Morgan fingerprint density at radius 2 is 2.00 bits per heavy atom. The van der Waals surface area contributed by atoms with Crippen LogP contribution < -0.4 is 0 Å². The zero-order valence-corrected chi connectivity index (χ0v) is 8.73. The van der Waals surface area contributed by atoms with E-state index in [9.17, 15) is 9.59 Å². The van der Waals surface area contributed by atoms with E-state index in [1.807, 2.05) is 17.5 Å². The van der Waals surface area contributed by atoms with Crippen LogP contribution in [-0.2, 0) is 0 Å². The lowest BCUT2D eigenvalue weighted by molar-refractivity contribution is 0.109. The molecule has 0 radical (unpaired) electrons. The molecule has 2 nitrogen and oxygen atoms in total. The number of hydrogen-bond donors (Lipinski definition) is 0. The van der Waals surface area contributed by atoms with E-state index in [0.29, 0.717) is 11.1 Å². The topological polar surface area (TPSA) is 34.1 Å². The largest absolute Gasteiger partial charge is 0.298 e. The summed E-state index contributed by atoms with van der Waals surface area (Å²) in [4.78, 5) is 23.4. The SMILES string of the molecule is O=Cc1csc(-c2cccs2)c1C=O. The standard InChI is InChI=1S/C10H6O2S2/c11-4-7-6-14-10(8(7)5-12)9-2-1-3-13-9/h1-6H. The van der Waals surface area contributed by atoms with Gasteiger partial charge in [0.1, 0.15) is 0 Å². The Hall–Kier alpha value is -1.26. The molecule has 0 spiro atoms. The third-order valence-electron chi connectivity index (χ3n) is 1.85. The van der Waals surface area contributed by atoms with Crippen LogP contribution in [0.15, 0.2) is 22.9 Å². The summed E-state index contributed by atoms with van der Waals surface area (Å²) in [7, 11) is 0. The Morgan fingerprint density at radius 1 is 1.14 bits per heavy atom. The summed E-state index contributed by atoms with van der Waals surface area (Å²) in [6, 6.07) is 3.87. The highest BCUT2D eigenvalue weighted by molar-refractivity contribution is 7.20. The molecule has 0 aromatic carbocycles. The Bertz CT molecular complexity index is 454. The summed E-state index contributed by atoms with van der Waals surface area (Å²) < 4.78 is 0. The van der Waals surface area contributed by atoms with Gasteiger partial charge in [0.25, 0.3) is 0 Å². The molecule has 0 atom stereocenters. The lowest BCUT2D eigenvalue weighted by Crippen LogP contribution is -1.85. The molecule has 2 aromatic rings. The summed E-state index contributed by atoms with van der Waals surface area (Å²) in [5.41, 5.74) is 0.987. The molecular formula is C10H6O2S2. The smallest absolute Gasteiger partial charge is 0.152 e. The Morgan fingerprint density at radius 3 is 2.57 bits per heavy atom. The third-order valence-corrected chi connectivity index (χ3v) is 3.91. The Labute approximate surface area is 88.8 Å². The van der Waals surface area contributed by atoms with Gasteiger partial charge in [-0.25, -0.2) is 0 Å². The van der Waals surface area contributed by atoms with Gasteiger partial charge in [-0.05, 0) is 11.4 Å². The van der Waals surface area contributed by atoms with Gasteiger partial charge in [-0.3, -0.25) is 9.59 Å². The molecule has 0 unspecified atom stereocenters. The van der Waals surface area contributed by atoms with Crippen LogP contribution in [0.2, 0.25) is 0 Å². The maximum atomic E-state index is 10.8. The van der Waals surface area contributed by atoms with E-state index in [4.69, 9.17) is 0 Å². The molecule has 70 valence electrons. The molecule has 0 aliphatic heterocycles. The van der Waals surface area contributed by atoms with Gasteiger partial charge in [-0.2, -0.15) is 0 Å². The first-order valence-corrected chi connectivity index (χ1v) is 5.68. The molecule has 14 heavy (non-hydrogen) atoms. The van der Waals surface area contributed by atoms with Gasteiger partial charge in [0.05, 0.1) is 4.88 Å². The van der Waals surface area contributed by atoms with E-state index in [2.05, 4.69) is 0 Å². The minimum absolute atomic E-state index is 0.480. The van der Waals surface area contributed by atoms with Crippen LogP contribution >= 0.6 is 22.7 Å². The van der Waals surface area contributed by atoms with Crippen molar-refractivity contribution in [1.29, 1.82) is 0 Å². The summed E-state index contributed by atoms with van der Waals surface area (Å²) in [5.74, 6) is 0. The van der Waals surface area contributed by atoms with Crippen molar-refractivity contribution in [1.82, 2.24) is 0 Å². The van der Waals surface area contributed by atoms with E-state index in [-0.39, 0.29) is 0 Å². The van der Waals surface area contributed by atoms with E-state index >= 15 is 0 Å². The van der Waals surface area contributed by atoms with Gasteiger partial charge in [0, 0.05) is 21.4 Å². The minimum Gasteiger partial charge on any atom is -0.298 e. The zero-order chi connectivity index (χ0) is 9.97. The Kier molecular flexibility index (Phi) is 2.56. The highest BCUT2D eigenvalue weighted by Gasteiger charge is 2.12. The molecule has 2 rings (SSSR count).